The van der Waals surface area contributed by atoms with Gasteiger partial charge in [0.05, 0.1) is 12.1 Å². The van der Waals surface area contributed by atoms with Gasteiger partial charge in [-0.2, -0.15) is 0 Å². The Morgan fingerprint density at radius 2 is 1.70 bits per heavy atom. The fraction of sp³-hybridized carbons (Fsp3) is 0.452. The second-order valence-electron chi connectivity index (χ2n) is 15.6. The number of nitrogens with zero attached hydrogens (tertiary/aromatic N) is 3. The second-order valence-corrected chi connectivity index (χ2v) is 15.6. The first-order valence-electron chi connectivity index (χ1n) is 18.6. The number of halogens is 2. The molecule has 1 fully saturated rings. The molecule has 1 saturated carbocycles. The number of carbonyl (C=O) groups is 5. The third-order valence-corrected chi connectivity index (χ3v) is 10.5. The number of aromatic nitrogens is 1. The molecule has 5 rings (SSSR count). The van der Waals surface area contributed by atoms with Crippen LogP contribution in [0.4, 0.5) is 8.78 Å². The summed E-state index contributed by atoms with van der Waals surface area (Å²) in [7, 11) is 0. The number of nitrogens with two attached hydrogens (primary N) is 1. The molecule has 3 N–H and O–H groups in total. The quantitative estimate of drug-likeness (QED) is 0.168. The van der Waals surface area contributed by atoms with Crippen molar-refractivity contribution >= 4 is 29.3 Å². The summed E-state index contributed by atoms with van der Waals surface area (Å²) >= 11 is 0. The Morgan fingerprint density at radius 3 is 2.37 bits per heavy atom. The van der Waals surface area contributed by atoms with Crippen molar-refractivity contribution in [3.63, 3.8) is 0 Å². The lowest BCUT2D eigenvalue weighted by Gasteiger charge is -2.41. The van der Waals surface area contributed by atoms with E-state index in [4.69, 9.17) is 5.73 Å². The van der Waals surface area contributed by atoms with Gasteiger partial charge in [-0.3, -0.25) is 28.9 Å². The van der Waals surface area contributed by atoms with Crippen LogP contribution in [0.3, 0.4) is 0 Å². The molecule has 54 heavy (non-hydrogen) atoms. The summed E-state index contributed by atoms with van der Waals surface area (Å²) in [6, 6.07) is 13.1. The van der Waals surface area contributed by atoms with Gasteiger partial charge in [-0.1, -0.05) is 51.1 Å². The van der Waals surface area contributed by atoms with Gasteiger partial charge in [0.25, 0.3) is 11.8 Å². The van der Waals surface area contributed by atoms with Gasteiger partial charge in [-0.15, -0.1) is 0 Å². The smallest absolute Gasteiger partial charge is 0.253 e. The number of Topliss-reactive ketones (excluding diaryl/α,β-unsaturated/α-hetero) is 2. The fourth-order valence-electron chi connectivity index (χ4n) is 7.80. The molecule has 1 aromatic heterocycles. The van der Waals surface area contributed by atoms with E-state index in [2.05, 4.69) is 0 Å². The summed E-state index contributed by atoms with van der Waals surface area (Å²) < 4.78 is 31.3. The number of hydrogen-bond acceptors (Lipinski definition) is 7. The highest BCUT2D eigenvalue weighted by atomic mass is 19.1. The number of aliphatic hydroxyl groups excluding tert-OH is 1. The van der Waals surface area contributed by atoms with Crippen LogP contribution in [0.25, 0.3) is 11.1 Å². The first-order valence-corrected chi connectivity index (χ1v) is 18.6. The number of rotatable bonds is 17. The van der Waals surface area contributed by atoms with E-state index in [9.17, 15) is 33.5 Å². The predicted octanol–water partition coefficient (Wildman–Crippen LogP) is 5.76. The van der Waals surface area contributed by atoms with Crippen molar-refractivity contribution < 1.29 is 37.9 Å². The van der Waals surface area contributed by atoms with E-state index in [0.29, 0.717) is 43.5 Å². The van der Waals surface area contributed by atoms with Crippen molar-refractivity contribution in [2.24, 2.45) is 23.0 Å². The summed E-state index contributed by atoms with van der Waals surface area (Å²) in [6.07, 6.45) is 7.07. The molecule has 0 radical (unpaired) electrons. The highest BCUT2D eigenvalue weighted by Gasteiger charge is 2.38. The molecule has 1 aliphatic carbocycles. The number of imide groups is 1. The second kappa shape index (κ2) is 17.6. The van der Waals surface area contributed by atoms with Crippen LogP contribution in [-0.2, 0) is 30.5 Å². The molecule has 0 bridgehead atoms. The minimum Gasteiger partial charge on any atom is -0.387 e. The van der Waals surface area contributed by atoms with E-state index in [1.54, 1.807) is 12.3 Å². The lowest BCUT2D eigenvalue weighted by molar-refractivity contribution is -0.140. The summed E-state index contributed by atoms with van der Waals surface area (Å²) in [5.41, 5.74) is 7.93. The third-order valence-electron chi connectivity index (χ3n) is 10.5. The zero-order chi connectivity index (χ0) is 39.2. The SMILES string of the molecule is CC(C)(C)[C@H](c1cc(-c2cc(F)ccc2F)cn1Cc1ccccc1)N(CC[C@H](N)C(=O)C[C@H]1CC[C@@H](C(=O)CCCN2C(=O)C=CC2=O)C1)C(=O)CO. The van der Waals surface area contributed by atoms with Gasteiger partial charge in [-0.25, -0.2) is 8.78 Å². The Labute approximate surface area is 315 Å². The minimum absolute atomic E-state index is 0.0103. The molecule has 1 aliphatic heterocycles. The predicted molar refractivity (Wildman–Crippen MR) is 199 cm³/mol. The number of benzene rings is 2. The highest BCUT2D eigenvalue weighted by Crippen LogP contribution is 2.41. The molecule has 2 aromatic carbocycles. The normalized spacial score (nSPS) is 18.3. The molecule has 12 heteroatoms. The molecule has 3 aromatic rings. The standard InChI is InChI=1S/C42H50F2N4O6/c1-42(2,3)41(35-22-30(32-23-31(43)13-14-33(32)44)25-46(35)24-27-8-5-4-6-9-27)48(40(54)26-49)19-17-34(45)37(51)21-28-11-12-29(20-28)36(50)10-7-18-47-38(52)15-16-39(47)53/h4-6,8-9,13-16,22-23,25,28-29,34,41,49H,7,10-12,17-21,24,26,45H2,1-3H3/t28-,29+,34-,41-/m0/s1. The maximum atomic E-state index is 15.1. The van der Waals surface area contributed by atoms with Gasteiger partial charge in [0.2, 0.25) is 5.91 Å². The van der Waals surface area contributed by atoms with Crippen LogP contribution in [0, 0.1) is 28.9 Å². The van der Waals surface area contributed by atoms with E-state index in [1.807, 2.05) is 55.7 Å². The van der Waals surface area contributed by atoms with Gasteiger partial charge in [-0.05, 0) is 73.3 Å². The summed E-state index contributed by atoms with van der Waals surface area (Å²) in [6.45, 7) is 5.68. The maximum Gasteiger partial charge on any atom is 0.253 e. The minimum atomic E-state index is -0.897. The van der Waals surface area contributed by atoms with Gasteiger partial charge in [0.15, 0.2) is 0 Å². The van der Waals surface area contributed by atoms with E-state index in [0.717, 1.165) is 28.7 Å². The van der Waals surface area contributed by atoms with Crippen molar-refractivity contribution in [3.8, 4) is 11.1 Å². The summed E-state index contributed by atoms with van der Waals surface area (Å²) in [5.74, 6) is -2.80. The van der Waals surface area contributed by atoms with Crippen molar-refractivity contribution in [1.82, 2.24) is 14.4 Å². The largest absolute Gasteiger partial charge is 0.387 e. The Kier molecular flexibility index (Phi) is 13.1. The Bertz CT molecular complexity index is 1870. The van der Waals surface area contributed by atoms with Gasteiger partial charge < -0.3 is 20.3 Å². The van der Waals surface area contributed by atoms with Crippen molar-refractivity contribution in [2.75, 3.05) is 19.7 Å². The van der Waals surface area contributed by atoms with Crippen LogP contribution in [0.5, 0.6) is 0 Å². The third kappa shape index (κ3) is 9.83. The molecular formula is C42H50F2N4O6. The number of carbonyl (C=O) groups excluding carboxylic acids is 5. The van der Waals surface area contributed by atoms with E-state index < -0.39 is 41.6 Å². The molecule has 288 valence electrons. The van der Waals surface area contributed by atoms with Gasteiger partial charge >= 0.3 is 0 Å². The van der Waals surface area contributed by atoms with E-state index in [-0.39, 0.29) is 73.1 Å². The number of hydrogen-bond donors (Lipinski definition) is 2. The molecule has 0 unspecified atom stereocenters. The van der Waals surface area contributed by atoms with Crippen molar-refractivity contribution in [3.05, 3.63) is 95.8 Å². The first-order chi connectivity index (χ1) is 25.7. The van der Waals surface area contributed by atoms with Crippen LogP contribution in [0.15, 0.2) is 72.9 Å². The molecule has 2 aliphatic rings. The molecule has 4 atom stereocenters. The van der Waals surface area contributed by atoms with E-state index >= 15 is 4.39 Å². The van der Waals surface area contributed by atoms with Crippen LogP contribution in [0.2, 0.25) is 0 Å². The number of aliphatic hydroxyl groups is 1. The topological polar surface area (TPSA) is 143 Å². The van der Waals surface area contributed by atoms with Crippen LogP contribution in [-0.4, -0.2) is 74.5 Å². The van der Waals surface area contributed by atoms with Gasteiger partial charge in [0, 0.05) is 73.6 Å². The maximum absolute atomic E-state index is 15.1. The average molecular weight is 745 g/mol. The summed E-state index contributed by atoms with van der Waals surface area (Å²) in [4.78, 5) is 66.0. The zero-order valence-electron chi connectivity index (χ0n) is 31.2. The fourth-order valence-corrected chi connectivity index (χ4v) is 7.80. The van der Waals surface area contributed by atoms with E-state index in [1.165, 1.54) is 17.1 Å². The molecule has 10 nitrogen and oxygen atoms in total. The molecule has 3 amide bonds. The highest BCUT2D eigenvalue weighted by molar-refractivity contribution is 6.12. The molecular weight excluding hydrogens is 694 g/mol. The monoisotopic (exact) mass is 744 g/mol. The van der Waals surface area contributed by atoms with Crippen LogP contribution in [0.1, 0.15) is 83.0 Å². The van der Waals surface area contributed by atoms with Gasteiger partial charge in [0.1, 0.15) is 29.8 Å². The van der Waals surface area contributed by atoms with Crippen LogP contribution >= 0.6 is 0 Å². The Morgan fingerprint density at radius 1 is 1.00 bits per heavy atom. The molecule has 2 heterocycles. The summed E-state index contributed by atoms with van der Waals surface area (Å²) in [5, 5.41) is 10.1. The first kappa shape index (κ1) is 40.4. The lowest BCUT2D eigenvalue weighted by atomic mass is 9.82. The van der Waals surface area contributed by atoms with Crippen molar-refractivity contribution in [1.29, 1.82) is 0 Å². The van der Waals surface area contributed by atoms with Crippen molar-refractivity contribution in [2.45, 2.75) is 84.3 Å². The lowest BCUT2D eigenvalue weighted by Crippen LogP contribution is -2.46. The molecule has 0 spiro atoms. The Balaban J connectivity index is 1.28. The Hall–Kier alpha value is -4.81. The van der Waals surface area contributed by atoms with Crippen LogP contribution < -0.4 is 5.73 Å². The zero-order valence-corrected chi connectivity index (χ0v) is 31.2. The number of ketones is 2. The number of amides is 3. The average Bonchev–Trinajstić information content (AvgIpc) is 3.86. The molecule has 0 saturated heterocycles.